The van der Waals surface area contributed by atoms with Crippen molar-refractivity contribution in [3.8, 4) is 0 Å². The normalized spacial score (nSPS) is 25.0. The molecule has 108 valence electrons. The predicted molar refractivity (Wildman–Crippen MR) is 84.2 cm³/mol. The van der Waals surface area contributed by atoms with Crippen LogP contribution in [-0.2, 0) is 0 Å². The third-order valence-electron chi connectivity index (χ3n) is 5.03. The van der Waals surface area contributed by atoms with Gasteiger partial charge >= 0.3 is 0 Å². The second-order valence-electron chi connectivity index (χ2n) is 6.47. The Labute approximate surface area is 124 Å². The van der Waals surface area contributed by atoms with Gasteiger partial charge in [0, 0.05) is 24.7 Å². The summed E-state index contributed by atoms with van der Waals surface area (Å²) in [6, 6.07) is 7.97. The largest absolute Gasteiger partial charge is 0.361 e. The molecule has 0 bridgehead atoms. The van der Waals surface area contributed by atoms with Crippen LogP contribution in [0.4, 0.5) is 0 Å². The zero-order valence-electron chi connectivity index (χ0n) is 12.3. The third-order valence-corrected chi connectivity index (χ3v) is 5.03. The molecule has 0 radical (unpaired) electrons. The van der Waals surface area contributed by atoms with Crippen molar-refractivity contribution in [2.45, 2.75) is 19.8 Å². The number of carbonyl (C=O) groups excluding carboxylic acids is 1. The summed E-state index contributed by atoms with van der Waals surface area (Å²) in [5, 5.41) is 1.11. The van der Waals surface area contributed by atoms with E-state index >= 15 is 0 Å². The number of para-hydroxylation sites is 1. The fourth-order valence-electron chi connectivity index (χ4n) is 3.89. The van der Waals surface area contributed by atoms with Crippen LogP contribution in [0.5, 0.6) is 0 Å². The number of aromatic amines is 1. The summed E-state index contributed by atoms with van der Waals surface area (Å²) < 4.78 is 0. The molecule has 1 aliphatic carbocycles. The number of fused-ring (bicyclic) bond motifs is 2. The monoisotopic (exact) mass is 280 g/mol. The lowest BCUT2D eigenvalue weighted by Crippen LogP contribution is -2.29. The van der Waals surface area contributed by atoms with Gasteiger partial charge in [-0.2, -0.15) is 0 Å². The number of rotatable bonds is 1. The van der Waals surface area contributed by atoms with Gasteiger partial charge in [-0.25, -0.2) is 0 Å². The molecule has 1 amide bonds. The van der Waals surface area contributed by atoms with Crippen molar-refractivity contribution in [3.05, 3.63) is 47.7 Å². The molecule has 1 saturated heterocycles. The molecule has 1 aromatic heterocycles. The van der Waals surface area contributed by atoms with Crippen molar-refractivity contribution in [1.29, 1.82) is 0 Å². The second kappa shape index (κ2) is 4.76. The highest BCUT2D eigenvalue weighted by Crippen LogP contribution is 2.36. The maximum absolute atomic E-state index is 12.9. The molecule has 1 N–H and O–H groups in total. The number of carbonyl (C=O) groups is 1. The smallest absolute Gasteiger partial charge is 0.256 e. The molecule has 0 saturated carbocycles. The standard InChI is InChI=1S/C18H20N2O/c1-12-5-6-14-10-20(11-15(14)9-12)18(21)16-4-2-3-13-7-8-19-17(13)16/h2-5,7-8,14-15,19H,6,9-11H2,1H3/t14-,15+/m1/s1. The lowest BCUT2D eigenvalue weighted by atomic mass is 9.83. The molecule has 3 heteroatoms. The van der Waals surface area contributed by atoms with Crippen LogP contribution in [0.2, 0.25) is 0 Å². The average molecular weight is 280 g/mol. The Morgan fingerprint density at radius 3 is 3.00 bits per heavy atom. The van der Waals surface area contributed by atoms with Gasteiger partial charge in [-0.1, -0.05) is 23.8 Å². The SMILES string of the molecule is CC1=CC[C@@H]2CN(C(=O)c3cccc4cc[nH]c34)C[C@@H]2C1. The molecule has 1 aromatic carbocycles. The Morgan fingerprint density at radius 2 is 2.10 bits per heavy atom. The van der Waals surface area contributed by atoms with E-state index in [1.807, 2.05) is 30.5 Å². The van der Waals surface area contributed by atoms with Gasteiger partial charge in [-0.15, -0.1) is 0 Å². The molecule has 2 heterocycles. The molecule has 1 aliphatic heterocycles. The minimum absolute atomic E-state index is 0.176. The first-order valence-corrected chi connectivity index (χ1v) is 7.73. The molecule has 1 fully saturated rings. The lowest BCUT2D eigenvalue weighted by Gasteiger charge is -2.21. The Morgan fingerprint density at radius 1 is 1.24 bits per heavy atom. The Bertz CT molecular complexity index is 728. The summed E-state index contributed by atoms with van der Waals surface area (Å²) in [7, 11) is 0. The van der Waals surface area contributed by atoms with Crippen molar-refractivity contribution in [2.75, 3.05) is 13.1 Å². The van der Waals surface area contributed by atoms with E-state index in [9.17, 15) is 4.79 Å². The first-order chi connectivity index (χ1) is 10.2. The van der Waals surface area contributed by atoms with Gasteiger partial charge in [-0.05, 0) is 43.7 Å². The molecule has 2 aliphatic rings. The van der Waals surface area contributed by atoms with Crippen LogP contribution in [0, 0.1) is 11.8 Å². The third kappa shape index (κ3) is 2.08. The van der Waals surface area contributed by atoms with Crippen molar-refractivity contribution < 1.29 is 4.79 Å². The fourth-order valence-corrected chi connectivity index (χ4v) is 3.89. The first kappa shape index (κ1) is 12.7. The highest BCUT2D eigenvalue weighted by molar-refractivity contribution is 6.05. The molecule has 21 heavy (non-hydrogen) atoms. The van der Waals surface area contributed by atoms with E-state index in [0.29, 0.717) is 11.8 Å². The summed E-state index contributed by atoms with van der Waals surface area (Å²) in [5.41, 5.74) is 3.25. The number of likely N-dealkylation sites (tertiary alicyclic amines) is 1. The minimum Gasteiger partial charge on any atom is -0.361 e. The van der Waals surface area contributed by atoms with E-state index < -0.39 is 0 Å². The van der Waals surface area contributed by atoms with E-state index in [1.165, 1.54) is 5.57 Å². The van der Waals surface area contributed by atoms with Gasteiger partial charge in [0.2, 0.25) is 0 Å². The highest BCUT2D eigenvalue weighted by Gasteiger charge is 2.36. The number of aromatic nitrogens is 1. The lowest BCUT2D eigenvalue weighted by molar-refractivity contribution is 0.0786. The molecule has 0 spiro atoms. The quantitative estimate of drug-likeness (QED) is 0.796. The van der Waals surface area contributed by atoms with E-state index in [2.05, 4.69) is 22.9 Å². The summed E-state index contributed by atoms with van der Waals surface area (Å²) in [6.07, 6.45) is 6.54. The minimum atomic E-state index is 0.176. The Balaban J connectivity index is 1.61. The van der Waals surface area contributed by atoms with Crippen LogP contribution in [0.1, 0.15) is 30.1 Å². The van der Waals surface area contributed by atoms with E-state index in [-0.39, 0.29) is 5.91 Å². The van der Waals surface area contributed by atoms with Crippen molar-refractivity contribution >= 4 is 16.8 Å². The van der Waals surface area contributed by atoms with Gasteiger partial charge in [0.05, 0.1) is 11.1 Å². The van der Waals surface area contributed by atoms with Gasteiger partial charge in [0.15, 0.2) is 0 Å². The number of nitrogens with zero attached hydrogens (tertiary/aromatic N) is 1. The second-order valence-corrected chi connectivity index (χ2v) is 6.47. The van der Waals surface area contributed by atoms with Crippen molar-refractivity contribution in [1.82, 2.24) is 9.88 Å². The average Bonchev–Trinajstić information content (AvgIpc) is 3.11. The highest BCUT2D eigenvalue weighted by atomic mass is 16.2. The Hall–Kier alpha value is -2.03. The summed E-state index contributed by atoms with van der Waals surface area (Å²) in [6.45, 7) is 4.02. The van der Waals surface area contributed by atoms with Crippen LogP contribution in [0.15, 0.2) is 42.1 Å². The summed E-state index contributed by atoms with van der Waals surface area (Å²) in [4.78, 5) is 18.1. The van der Waals surface area contributed by atoms with Crippen molar-refractivity contribution in [2.24, 2.45) is 11.8 Å². The number of nitrogens with one attached hydrogen (secondary N) is 1. The zero-order valence-corrected chi connectivity index (χ0v) is 12.3. The molecule has 2 aromatic rings. The van der Waals surface area contributed by atoms with Gasteiger partial charge in [-0.3, -0.25) is 4.79 Å². The van der Waals surface area contributed by atoms with Crippen LogP contribution < -0.4 is 0 Å². The number of hydrogen-bond donors (Lipinski definition) is 1. The van der Waals surface area contributed by atoms with E-state index in [0.717, 1.165) is 42.4 Å². The number of hydrogen-bond acceptors (Lipinski definition) is 1. The van der Waals surface area contributed by atoms with Crippen LogP contribution >= 0.6 is 0 Å². The van der Waals surface area contributed by atoms with Gasteiger partial charge < -0.3 is 9.88 Å². The van der Waals surface area contributed by atoms with Crippen LogP contribution in [0.3, 0.4) is 0 Å². The molecular weight excluding hydrogens is 260 g/mol. The first-order valence-electron chi connectivity index (χ1n) is 7.73. The molecule has 2 atom stereocenters. The predicted octanol–water partition coefficient (Wildman–Crippen LogP) is 3.60. The fraction of sp³-hybridized carbons (Fsp3) is 0.389. The number of benzene rings is 1. The maximum Gasteiger partial charge on any atom is 0.256 e. The molecule has 0 unspecified atom stereocenters. The van der Waals surface area contributed by atoms with Crippen LogP contribution in [0.25, 0.3) is 10.9 Å². The maximum atomic E-state index is 12.9. The topological polar surface area (TPSA) is 36.1 Å². The van der Waals surface area contributed by atoms with E-state index in [4.69, 9.17) is 0 Å². The summed E-state index contributed by atoms with van der Waals surface area (Å²) >= 11 is 0. The number of allylic oxidation sites excluding steroid dienone is 2. The number of amides is 1. The molecular formula is C18H20N2O. The Kier molecular flexibility index (Phi) is 2.88. The number of H-pyrrole nitrogens is 1. The molecule has 4 rings (SSSR count). The molecule has 3 nitrogen and oxygen atoms in total. The van der Waals surface area contributed by atoms with Gasteiger partial charge in [0.1, 0.15) is 0 Å². The van der Waals surface area contributed by atoms with Crippen LogP contribution in [-0.4, -0.2) is 28.9 Å². The van der Waals surface area contributed by atoms with Gasteiger partial charge in [0.25, 0.3) is 5.91 Å². The zero-order chi connectivity index (χ0) is 14.4. The summed E-state index contributed by atoms with van der Waals surface area (Å²) in [5.74, 6) is 1.48. The van der Waals surface area contributed by atoms with Crippen molar-refractivity contribution in [3.63, 3.8) is 0 Å². The van der Waals surface area contributed by atoms with E-state index in [1.54, 1.807) is 0 Å².